The van der Waals surface area contributed by atoms with E-state index in [9.17, 15) is 0 Å². The van der Waals surface area contributed by atoms with Gasteiger partial charge in [-0.15, -0.1) is 0 Å². The number of benzene rings is 8. The zero-order chi connectivity index (χ0) is 36.2. The molecule has 54 heavy (non-hydrogen) atoms. The van der Waals surface area contributed by atoms with Crippen molar-refractivity contribution < 1.29 is 0 Å². The minimum atomic E-state index is -2.77. The Labute approximate surface area is 319 Å². The summed E-state index contributed by atoms with van der Waals surface area (Å²) in [6.07, 6.45) is 0. The first-order valence-corrected chi connectivity index (χ1v) is 21.2. The van der Waals surface area contributed by atoms with Gasteiger partial charge in [0.25, 0.3) is 6.71 Å². The second-order valence-corrected chi connectivity index (χ2v) is 19.8. The summed E-state index contributed by atoms with van der Waals surface area (Å²) in [4.78, 5) is 5.18. The van der Waals surface area contributed by atoms with Crippen molar-refractivity contribution in [2.75, 3.05) is 9.80 Å². The molecule has 0 saturated heterocycles. The molecule has 4 heteroatoms. The summed E-state index contributed by atoms with van der Waals surface area (Å²) < 4.78 is 0. The molecule has 0 aliphatic carbocycles. The molecule has 0 unspecified atom stereocenters. The highest BCUT2D eigenvalue weighted by Gasteiger charge is 2.53. The number of para-hydroxylation sites is 2. The molecule has 0 N–H and O–H groups in total. The number of fused-ring (bicyclic) bond motifs is 8. The van der Waals surface area contributed by atoms with Crippen LogP contribution in [0.1, 0.15) is 26.3 Å². The van der Waals surface area contributed by atoms with E-state index in [1.165, 1.54) is 87.6 Å². The van der Waals surface area contributed by atoms with Gasteiger partial charge in [0.1, 0.15) is 0 Å². The number of rotatable bonds is 3. The van der Waals surface area contributed by atoms with Gasteiger partial charge in [0.15, 0.2) is 8.07 Å². The van der Waals surface area contributed by atoms with Gasteiger partial charge in [-0.3, -0.25) is 0 Å². The highest BCUT2D eigenvalue weighted by molar-refractivity contribution is 7.22. The van der Waals surface area contributed by atoms with E-state index in [0.717, 1.165) is 0 Å². The number of anilines is 6. The van der Waals surface area contributed by atoms with Crippen LogP contribution in [0.2, 0.25) is 0 Å². The Kier molecular flexibility index (Phi) is 6.66. The molecular formula is C50H39BN2Si. The summed E-state index contributed by atoms with van der Waals surface area (Å²) in [5.41, 5.74) is 13.1. The van der Waals surface area contributed by atoms with Crippen LogP contribution in [0.4, 0.5) is 34.1 Å². The topological polar surface area (TPSA) is 6.48 Å². The van der Waals surface area contributed by atoms with Gasteiger partial charge < -0.3 is 9.80 Å². The summed E-state index contributed by atoms with van der Waals surface area (Å²) in [7, 11) is -2.77. The monoisotopic (exact) mass is 706 g/mol. The van der Waals surface area contributed by atoms with Gasteiger partial charge >= 0.3 is 0 Å². The molecule has 3 aliphatic rings. The lowest BCUT2D eigenvalue weighted by Crippen LogP contribution is -2.79. The van der Waals surface area contributed by atoms with E-state index < -0.39 is 8.07 Å². The van der Waals surface area contributed by atoms with Gasteiger partial charge in [-0.2, -0.15) is 0 Å². The summed E-state index contributed by atoms with van der Waals surface area (Å²) in [6, 6.07) is 69.2. The largest absolute Gasteiger partial charge is 0.312 e. The molecule has 0 radical (unpaired) electrons. The van der Waals surface area contributed by atoms with E-state index in [4.69, 9.17) is 0 Å². The maximum Gasteiger partial charge on any atom is 0.252 e. The molecule has 0 saturated carbocycles. The molecule has 0 aromatic heterocycles. The van der Waals surface area contributed by atoms with E-state index in [0.29, 0.717) is 0 Å². The van der Waals surface area contributed by atoms with Crippen molar-refractivity contribution in [3.05, 3.63) is 188 Å². The smallest absolute Gasteiger partial charge is 0.252 e. The first kappa shape index (κ1) is 31.4. The Morgan fingerprint density at radius 3 is 1.74 bits per heavy atom. The Hall–Kier alpha value is -6.10. The first-order chi connectivity index (χ1) is 26.5. The van der Waals surface area contributed by atoms with Crippen LogP contribution >= 0.6 is 0 Å². The standard InChI is InChI=1S/C50H39BN2Si/c1-50(2,3)35-29-31-36(32-30-35)52-43-24-15-25-44-47(43)51(41-33-28-34-16-10-11-21-39(34)48(41)52)40-22-14-27-46-49(40)53(44)42-23-12-13-26-45(42)54(46,37-17-6-4-7-18-37)38-19-8-5-9-20-38/h4-33H,1-3H3. The fourth-order valence-corrected chi connectivity index (χ4v) is 15.1. The lowest BCUT2D eigenvalue weighted by atomic mass is 9.33. The van der Waals surface area contributed by atoms with E-state index in [-0.39, 0.29) is 12.1 Å². The van der Waals surface area contributed by atoms with Crippen molar-refractivity contribution in [2.24, 2.45) is 0 Å². The van der Waals surface area contributed by atoms with Gasteiger partial charge in [0, 0.05) is 39.5 Å². The van der Waals surface area contributed by atoms with Crippen LogP contribution in [-0.4, -0.2) is 14.8 Å². The first-order valence-electron chi connectivity index (χ1n) is 19.2. The molecule has 8 aromatic rings. The SMILES string of the molecule is CC(C)(C)c1ccc(N2c3cccc4c3B(c3cccc5c3N4c3ccccc3[Si]5(c3ccccc3)c3ccccc3)c3ccc4ccccc4c32)cc1. The molecule has 0 spiro atoms. The molecule has 0 fully saturated rings. The molecule has 0 bridgehead atoms. The highest BCUT2D eigenvalue weighted by Crippen LogP contribution is 2.46. The minimum absolute atomic E-state index is 0.0654. The van der Waals surface area contributed by atoms with Crippen LogP contribution in [0.5, 0.6) is 0 Å². The number of nitrogens with zero attached hydrogens (tertiary/aromatic N) is 2. The summed E-state index contributed by atoms with van der Waals surface area (Å²) in [5.74, 6) is 0. The third-order valence-corrected chi connectivity index (χ3v) is 17.1. The number of hydrogen-bond acceptors (Lipinski definition) is 2. The molecule has 3 heterocycles. The molecule has 11 rings (SSSR count). The van der Waals surface area contributed by atoms with Crippen LogP contribution in [0.3, 0.4) is 0 Å². The number of hydrogen-bond donors (Lipinski definition) is 0. The Bertz CT molecular complexity index is 2730. The molecule has 8 aromatic carbocycles. The van der Waals surface area contributed by atoms with Crippen molar-refractivity contribution in [3.8, 4) is 0 Å². The van der Waals surface area contributed by atoms with Crippen molar-refractivity contribution in [1.82, 2.24) is 0 Å². The van der Waals surface area contributed by atoms with Crippen LogP contribution in [0, 0.1) is 0 Å². The molecule has 0 amide bonds. The molecule has 3 aliphatic heterocycles. The molecule has 256 valence electrons. The van der Waals surface area contributed by atoms with Crippen LogP contribution in [0.15, 0.2) is 182 Å². The molecular weight excluding hydrogens is 667 g/mol. The lowest BCUT2D eigenvalue weighted by Gasteiger charge is -2.50. The van der Waals surface area contributed by atoms with Crippen molar-refractivity contribution in [1.29, 1.82) is 0 Å². The van der Waals surface area contributed by atoms with Gasteiger partial charge in [0.05, 0.1) is 0 Å². The second kappa shape index (κ2) is 11.4. The Morgan fingerprint density at radius 1 is 0.444 bits per heavy atom. The highest BCUT2D eigenvalue weighted by atomic mass is 28.3. The van der Waals surface area contributed by atoms with Gasteiger partial charge in [-0.25, -0.2) is 0 Å². The van der Waals surface area contributed by atoms with Crippen LogP contribution in [-0.2, 0) is 5.41 Å². The zero-order valence-electron chi connectivity index (χ0n) is 30.8. The Balaban J connectivity index is 1.26. The van der Waals surface area contributed by atoms with E-state index >= 15 is 0 Å². The fraction of sp³-hybridized carbons (Fsp3) is 0.0800. The predicted molar refractivity (Wildman–Crippen MR) is 234 cm³/mol. The van der Waals surface area contributed by atoms with Crippen molar-refractivity contribution >= 4 is 96.8 Å². The van der Waals surface area contributed by atoms with Crippen molar-refractivity contribution in [3.63, 3.8) is 0 Å². The summed E-state index contributed by atoms with van der Waals surface area (Å²) in [6.45, 7) is 6.94. The third-order valence-electron chi connectivity index (χ3n) is 12.3. The van der Waals surface area contributed by atoms with E-state index in [2.05, 4.69) is 213 Å². The summed E-state index contributed by atoms with van der Waals surface area (Å²) >= 11 is 0. The summed E-state index contributed by atoms with van der Waals surface area (Å²) in [5, 5.41) is 8.25. The maximum atomic E-state index is 2.62. The van der Waals surface area contributed by atoms with Crippen LogP contribution in [0.25, 0.3) is 10.8 Å². The molecule has 2 nitrogen and oxygen atoms in total. The van der Waals surface area contributed by atoms with Crippen molar-refractivity contribution in [2.45, 2.75) is 26.2 Å². The van der Waals surface area contributed by atoms with Gasteiger partial charge in [0.2, 0.25) is 0 Å². The van der Waals surface area contributed by atoms with E-state index in [1.807, 2.05) is 0 Å². The lowest BCUT2D eigenvalue weighted by molar-refractivity contribution is 0.590. The van der Waals surface area contributed by atoms with Crippen LogP contribution < -0.4 is 46.9 Å². The second-order valence-electron chi connectivity index (χ2n) is 16.1. The van der Waals surface area contributed by atoms with Gasteiger partial charge in [-0.1, -0.05) is 172 Å². The quantitative estimate of drug-likeness (QED) is 0.173. The normalized spacial score (nSPS) is 14.6. The van der Waals surface area contributed by atoms with E-state index in [1.54, 1.807) is 0 Å². The molecule has 0 atom stereocenters. The zero-order valence-corrected chi connectivity index (χ0v) is 31.8. The fourth-order valence-electron chi connectivity index (χ4n) is 9.97. The maximum absolute atomic E-state index is 2.77. The van der Waals surface area contributed by atoms with Gasteiger partial charge in [-0.05, 0) is 83.8 Å². The Morgan fingerprint density at radius 2 is 1.02 bits per heavy atom. The predicted octanol–water partition coefficient (Wildman–Crippen LogP) is 7.91. The average Bonchev–Trinajstić information content (AvgIpc) is 3.22. The third kappa shape index (κ3) is 4.17. The minimum Gasteiger partial charge on any atom is -0.312 e. The average molecular weight is 707 g/mol.